The van der Waals surface area contributed by atoms with Crippen LogP contribution in [0.25, 0.3) is 0 Å². The number of nitrogens with zero attached hydrogens (tertiary/aromatic N) is 2. The molecule has 2 aromatic rings. The van der Waals surface area contributed by atoms with E-state index in [2.05, 4.69) is 10.1 Å². The predicted molar refractivity (Wildman–Crippen MR) is 64.6 cm³/mol. The first-order valence-corrected chi connectivity index (χ1v) is 5.74. The van der Waals surface area contributed by atoms with Crippen molar-refractivity contribution < 1.29 is 14.1 Å². The number of halogens is 2. The van der Waals surface area contributed by atoms with Crippen molar-refractivity contribution in [1.29, 1.82) is 0 Å². The van der Waals surface area contributed by atoms with Crippen LogP contribution < -0.4 is 0 Å². The minimum atomic E-state index is -0.599. The Labute approximate surface area is 113 Å². The number of carbonyl (C=O) groups excluding carboxylic acids is 1. The highest BCUT2D eigenvalue weighted by Crippen LogP contribution is 2.26. The van der Waals surface area contributed by atoms with Crippen LogP contribution in [0, 0.1) is 6.92 Å². The molecule has 94 valence electrons. The van der Waals surface area contributed by atoms with Crippen LogP contribution in [-0.2, 0) is 11.3 Å². The fourth-order valence-electron chi connectivity index (χ4n) is 1.27. The lowest BCUT2D eigenvalue weighted by atomic mass is 10.2. The molecule has 7 heteroatoms. The van der Waals surface area contributed by atoms with E-state index in [1.165, 1.54) is 6.07 Å². The Morgan fingerprint density at radius 1 is 1.44 bits per heavy atom. The molecule has 0 bridgehead atoms. The summed E-state index contributed by atoms with van der Waals surface area (Å²) in [5, 5.41) is 4.02. The van der Waals surface area contributed by atoms with Crippen molar-refractivity contribution in [3.8, 4) is 0 Å². The Hall–Kier alpha value is -1.59. The monoisotopic (exact) mass is 286 g/mol. The lowest BCUT2D eigenvalue weighted by Gasteiger charge is -2.04. The van der Waals surface area contributed by atoms with E-state index in [9.17, 15) is 4.79 Å². The van der Waals surface area contributed by atoms with Crippen LogP contribution in [0.2, 0.25) is 10.0 Å². The molecule has 0 aliphatic heterocycles. The molecule has 1 aromatic heterocycles. The molecular weight excluding hydrogens is 279 g/mol. The maximum atomic E-state index is 11.7. The molecule has 0 saturated carbocycles. The first-order valence-electron chi connectivity index (χ1n) is 4.98. The van der Waals surface area contributed by atoms with E-state index in [4.69, 9.17) is 32.5 Å². The Balaban J connectivity index is 2.06. The summed E-state index contributed by atoms with van der Waals surface area (Å²) in [5.74, 6) is 0.0965. The summed E-state index contributed by atoms with van der Waals surface area (Å²) in [7, 11) is 0. The van der Waals surface area contributed by atoms with Gasteiger partial charge in [0, 0.05) is 0 Å². The molecule has 5 nitrogen and oxygen atoms in total. The number of benzene rings is 1. The molecule has 0 spiro atoms. The van der Waals surface area contributed by atoms with E-state index in [1.807, 2.05) is 0 Å². The van der Waals surface area contributed by atoms with Gasteiger partial charge in [0.1, 0.15) is 0 Å². The third-order valence-corrected chi connectivity index (χ3v) is 2.89. The average Bonchev–Trinajstić information content (AvgIpc) is 2.76. The van der Waals surface area contributed by atoms with Gasteiger partial charge in [-0.05, 0) is 19.1 Å². The molecule has 0 N–H and O–H groups in total. The van der Waals surface area contributed by atoms with E-state index in [0.717, 1.165) is 0 Å². The maximum Gasteiger partial charge on any atom is 0.340 e. The molecule has 2 rings (SSSR count). The number of aryl methyl sites for hydroxylation is 1. The molecule has 0 atom stereocenters. The molecule has 1 aromatic carbocycles. The molecule has 0 aliphatic rings. The van der Waals surface area contributed by atoms with Gasteiger partial charge in [0.25, 0.3) is 5.89 Å². The van der Waals surface area contributed by atoms with E-state index in [0.29, 0.717) is 10.8 Å². The van der Waals surface area contributed by atoms with Crippen molar-refractivity contribution in [1.82, 2.24) is 10.1 Å². The van der Waals surface area contributed by atoms with Crippen molar-refractivity contribution in [3.63, 3.8) is 0 Å². The summed E-state index contributed by atoms with van der Waals surface area (Å²) in [6.07, 6.45) is 0. The van der Waals surface area contributed by atoms with Gasteiger partial charge in [-0.3, -0.25) is 0 Å². The van der Waals surface area contributed by atoms with Gasteiger partial charge >= 0.3 is 5.97 Å². The Bertz CT molecular complexity index is 583. The normalized spacial score (nSPS) is 10.4. The second-order valence-electron chi connectivity index (χ2n) is 3.41. The van der Waals surface area contributed by atoms with E-state index >= 15 is 0 Å². The molecule has 0 fully saturated rings. The van der Waals surface area contributed by atoms with Gasteiger partial charge in [-0.1, -0.05) is 34.4 Å². The van der Waals surface area contributed by atoms with E-state index in [-0.39, 0.29) is 23.1 Å². The minimum absolute atomic E-state index is 0.109. The van der Waals surface area contributed by atoms with Crippen LogP contribution in [0.4, 0.5) is 0 Å². The van der Waals surface area contributed by atoms with Crippen molar-refractivity contribution in [2.24, 2.45) is 0 Å². The zero-order valence-electron chi connectivity index (χ0n) is 9.31. The second-order valence-corrected chi connectivity index (χ2v) is 4.20. The largest absolute Gasteiger partial charge is 0.452 e. The molecule has 0 amide bonds. The van der Waals surface area contributed by atoms with Crippen molar-refractivity contribution in [2.45, 2.75) is 13.5 Å². The van der Waals surface area contributed by atoms with Gasteiger partial charge in [0.15, 0.2) is 12.4 Å². The minimum Gasteiger partial charge on any atom is -0.452 e. The third-order valence-electron chi connectivity index (χ3n) is 2.07. The average molecular weight is 287 g/mol. The summed E-state index contributed by atoms with van der Waals surface area (Å²) < 4.78 is 9.79. The van der Waals surface area contributed by atoms with Crippen LogP contribution in [0.3, 0.4) is 0 Å². The number of esters is 1. The summed E-state index contributed by atoms with van der Waals surface area (Å²) in [4.78, 5) is 15.6. The second kappa shape index (κ2) is 5.37. The van der Waals surface area contributed by atoms with Gasteiger partial charge in [0.2, 0.25) is 0 Å². The Morgan fingerprint density at radius 3 is 2.89 bits per heavy atom. The topological polar surface area (TPSA) is 65.2 Å². The van der Waals surface area contributed by atoms with Gasteiger partial charge in [-0.25, -0.2) is 4.79 Å². The Kier molecular flexibility index (Phi) is 3.84. The maximum absolute atomic E-state index is 11.7. The van der Waals surface area contributed by atoms with Gasteiger partial charge in [-0.2, -0.15) is 4.98 Å². The molecule has 18 heavy (non-hydrogen) atoms. The van der Waals surface area contributed by atoms with Crippen LogP contribution >= 0.6 is 23.2 Å². The molecule has 0 saturated heterocycles. The number of carbonyl (C=O) groups is 1. The van der Waals surface area contributed by atoms with Crippen LogP contribution in [-0.4, -0.2) is 16.1 Å². The Morgan fingerprint density at radius 2 is 2.22 bits per heavy atom. The van der Waals surface area contributed by atoms with Crippen LogP contribution in [0.15, 0.2) is 22.7 Å². The number of rotatable bonds is 3. The van der Waals surface area contributed by atoms with Gasteiger partial charge in [-0.15, -0.1) is 0 Å². The third kappa shape index (κ3) is 2.80. The van der Waals surface area contributed by atoms with Crippen molar-refractivity contribution in [2.75, 3.05) is 0 Å². The lowest BCUT2D eigenvalue weighted by molar-refractivity contribution is 0.0430. The fraction of sp³-hybridized carbons (Fsp3) is 0.182. The summed E-state index contributed by atoms with van der Waals surface area (Å²) >= 11 is 11.7. The number of hydrogen-bond donors (Lipinski definition) is 0. The van der Waals surface area contributed by atoms with Gasteiger partial charge < -0.3 is 9.26 Å². The molecule has 0 aliphatic carbocycles. The van der Waals surface area contributed by atoms with Gasteiger partial charge in [0.05, 0.1) is 15.6 Å². The van der Waals surface area contributed by atoms with Crippen molar-refractivity contribution in [3.05, 3.63) is 45.5 Å². The standard InChI is InChI=1S/C11H8Cl2N2O3/c1-6-14-9(18-15-6)5-17-11(16)7-3-2-4-8(12)10(7)13/h2-4H,5H2,1H3. The molecule has 0 radical (unpaired) electrons. The highest BCUT2D eigenvalue weighted by Gasteiger charge is 2.15. The van der Waals surface area contributed by atoms with Crippen LogP contribution in [0.1, 0.15) is 22.1 Å². The highest BCUT2D eigenvalue weighted by molar-refractivity contribution is 6.43. The van der Waals surface area contributed by atoms with Crippen LogP contribution in [0.5, 0.6) is 0 Å². The van der Waals surface area contributed by atoms with Crippen molar-refractivity contribution >= 4 is 29.2 Å². The number of aromatic nitrogens is 2. The first-order chi connectivity index (χ1) is 8.58. The fourth-order valence-corrected chi connectivity index (χ4v) is 1.64. The number of ether oxygens (including phenoxy) is 1. The zero-order valence-corrected chi connectivity index (χ0v) is 10.8. The lowest BCUT2D eigenvalue weighted by Crippen LogP contribution is -2.06. The summed E-state index contributed by atoms with van der Waals surface area (Å²) in [5.41, 5.74) is 0.195. The number of hydrogen-bond acceptors (Lipinski definition) is 5. The van der Waals surface area contributed by atoms with E-state index < -0.39 is 5.97 Å². The first kappa shape index (κ1) is 12.9. The summed E-state index contributed by atoms with van der Waals surface area (Å²) in [6, 6.07) is 4.72. The van der Waals surface area contributed by atoms with E-state index in [1.54, 1.807) is 19.1 Å². The SMILES string of the molecule is Cc1noc(COC(=O)c2cccc(Cl)c2Cl)n1. The quantitative estimate of drug-likeness (QED) is 0.812. The predicted octanol–water partition coefficient (Wildman–Crippen LogP) is 3.04. The molecular formula is C11H8Cl2N2O3. The highest BCUT2D eigenvalue weighted by atomic mass is 35.5. The molecule has 0 unspecified atom stereocenters. The smallest absolute Gasteiger partial charge is 0.340 e. The zero-order chi connectivity index (χ0) is 13.1. The summed E-state index contributed by atoms with van der Waals surface area (Å²) in [6.45, 7) is 1.56. The molecule has 1 heterocycles.